The van der Waals surface area contributed by atoms with E-state index in [-0.39, 0.29) is 0 Å². The van der Waals surface area contributed by atoms with Gasteiger partial charge in [-0.3, -0.25) is 4.55 Å². The molecule has 0 spiro atoms. The summed E-state index contributed by atoms with van der Waals surface area (Å²) in [5, 5.41) is -0.796. The Kier molecular flexibility index (Phi) is 12.1. The summed E-state index contributed by atoms with van der Waals surface area (Å²) in [5.41, 5.74) is 5.04. The SMILES string of the molecule is CCCCC(CC)Cc1ccc2c(c1)Sc1cc(CC(CC)CCCC)ccc1N2CCC(C)S(=O)(=O)O. The van der Waals surface area contributed by atoms with Crippen LogP contribution in [0.5, 0.6) is 0 Å². The van der Waals surface area contributed by atoms with Crippen molar-refractivity contribution in [2.75, 3.05) is 11.4 Å². The van der Waals surface area contributed by atoms with Crippen molar-refractivity contribution in [2.45, 2.75) is 120 Å². The summed E-state index contributed by atoms with van der Waals surface area (Å²) >= 11 is 1.85. The first-order valence-electron chi connectivity index (χ1n) is 14.9. The van der Waals surface area contributed by atoms with Crippen molar-refractivity contribution in [3.63, 3.8) is 0 Å². The van der Waals surface area contributed by atoms with Gasteiger partial charge in [0.25, 0.3) is 10.1 Å². The molecule has 38 heavy (non-hydrogen) atoms. The van der Waals surface area contributed by atoms with Crippen LogP contribution in [-0.2, 0) is 23.0 Å². The molecular weight excluding hydrogens is 510 g/mol. The molecule has 4 nitrogen and oxygen atoms in total. The average molecular weight is 560 g/mol. The summed E-state index contributed by atoms with van der Waals surface area (Å²) in [7, 11) is -4.05. The van der Waals surface area contributed by atoms with Crippen LogP contribution in [0.15, 0.2) is 46.2 Å². The maximum atomic E-state index is 11.7. The van der Waals surface area contributed by atoms with Gasteiger partial charge in [-0.15, -0.1) is 0 Å². The average Bonchev–Trinajstić information content (AvgIpc) is 2.90. The van der Waals surface area contributed by atoms with E-state index in [4.69, 9.17) is 0 Å². The Labute approximate surface area is 236 Å². The normalized spacial score (nSPS) is 15.6. The topological polar surface area (TPSA) is 57.6 Å². The van der Waals surface area contributed by atoms with Crippen LogP contribution in [-0.4, -0.2) is 24.8 Å². The number of benzene rings is 2. The van der Waals surface area contributed by atoms with Crippen molar-refractivity contribution in [1.29, 1.82) is 0 Å². The molecule has 1 N–H and O–H groups in total. The lowest BCUT2D eigenvalue weighted by Gasteiger charge is -2.34. The Hall–Kier alpha value is -1.50. The highest BCUT2D eigenvalue weighted by molar-refractivity contribution is 7.99. The van der Waals surface area contributed by atoms with Crippen LogP contribution in [0, 0.1) is 11.8 Å². The number of rotatable bonds is 16. The van der Waals surface area contributed by atoms with E-state index in [2.05, 4.69) is 69.0 Å². The predicted octanol–water partition coefficient (Wildman–Crippen LogP) is 9.47. The van der Waals surface area contributed by atoms with E-state index >= 15 is 0 Å². The van der Waals surface area contributed by atoms with Gasteiger partial charge in [-0.25, -0.2) is 0 Å². The summed E-state index contributed by atoms with van der Waals surface area (Å²) in [6.07, 6.45) is 12.6. The van der Waals surface area contributed by atoms with Crippen molar-refractivity contribution in [2.24, 2.45) is 11.8 Å². The molecule has 0 aliphatic carbocycles. The molecular formula is C32H49NO3S2. The van der Waals surface area contributed by atoms with Crippen molar-refractivity contribution in [3.8, 4) is 0 Å². The molecule has 1 aliphatic rings. The van der Waals surface area contributed by atoms with E-state index in [0.717, 1.165) is 24.2 Å². The molecule has 0 radical (unpaired) electrons. The van der Waals surface area contributed by atoms with E-state index in [1.54, 1.807) is 6.92 Å². The van der Waals surface area contributed by atoms with Crippen LogP contribution in [0.2, 0.25) is 0 Å². The monoisotopic (exact) mass is 559 g/mol. The molecule has 212 valence electrons. The van der Waals surface area contributed by atoms with Gasteiger partial charge in [0, 0.05) is 16.3 Å². The van der Waals surface area contributed by atoms with E-state index < -0.39 is 15.4 Å². The lowest BCUT2D eigenvalue weighted by atomic mass is 9.91. The van der Waals surface area contributed by atoms with Crippen LogP contribution in [0.1, 0.15) is 104 Å². The summed E-state index contributed by atoms with van der Waals surface area (Å²) < 4.78 is 33.0. The van der Waals surface area contributed by atoms with E-state index in [1.807, 2.05) is 11.8 Å². The molecule has 1 heterocycles. The van der Waals surface area contributed by atoms with Crippen LogP contribution in [0.25, 0.3) is 0 Å². The third-order valence-electron chi connectivity index (χ3n) is 8.25. The van der Waals surface area contributed by atoms with Gasteiger partial charge in [-0.05, 0) is 73.4 Å². The van der Waals surface area contributed by atoms with Crippen LogP contribution in [0.4, 0.5) is 11.4 Å². The third kappa shape index (κ3) is 8.50. The second-order valence-electron chi connectivity index (χ2n) is 11.2. The fourth-order valence-electron chi connectivity index (χ4n) is 5.48. The van der Waals surface area contributed by atoms with Crippen molar-refractivity contribution in [1.82, 2.24) is 0 Å². The number of hydrogen-bond acceptors (Lipinski definition) is 4. The van der Waals surface area contributed by atoms with Gasteiger partial charge < -0.3 is 4.90 Å². The van der Waals surface area contributed by atoms with E-state index in [1.165, 1.54) is 72.3 Å². The first kappa shape index (κ1) is 31.0. The van der Waals surface area contributed by atoms with Gasteiger partial charge in [-0.2, -0.15) is 8.42 Å². The minimum Gasteiger partial charge on any atom is -0.340 e. The van der Waals surface area contributed by atoms with Gasteiger partial charge in [0.05, 0.1) is 16.6 Å². The maximum absolute atomic E-state index is 11.7. The molecule has 6 heteroatoms. The van der Waals surface area contributed by atoms with Crippen LogP contribution < -0.4 is 4.90 Å². The standard InChI is InChI=1S/C32H49NO3S2/c1-6-10-12-25(8-3)20-27-14-16-29-31(22-27)37-32-23-28(21-26(9-4)13-11-7-2)15-17-30(32)33(29)19-18-24(5)38(34,35)36/h14-17,22-26H,6-13,18-21H2,1-5H3,(H,34,35,36). The number of hydrogen-bond donors (Lipinski definition) is 1. The largest absolute Gasteiger partial charge is 0.340 e. The highest BCUT2D eigenvalue weighted by Gasteiger charge is 2.27. The zero-order valence-electron chi connectivity index (χ0n) is 24.2. The Morgan fingerprint density at radius 2 is 1.26 bits per heavy atom. The fraction of sp³-hybridized carbons (Fsp3) is 0.625. The molecule has 0 saturated carbocycles. The van der Waals surface area contributed by atoms with Crippen LogP contribution in [0.3, 0.4) is 0 Å². The molecule has 1 aliphatic heterocycles. The Morgan fingerprint density at radius 1 is 0.789 bits per heavy atom. The first-order valence-corrected chi connectivity index (χ1v) is 17.2. The zero-order chi connectivity index (χ0) is 27.7. The predicted molar refractivity (Wildman–Crippen MR) is 164 cm³/mol. The molecule has 0 fully saturated rings. The number of unbranched alkanes of at least 4 members (excludes halogenated alkanes) is 2. The fourth-order valence-corrected chi connectivity index (χ4v) is 7.11. The van der Waals surface area contributed by atoms with Gasteiger partial charge in [-0.1, -0.05) is 103 Å². The van der Waals surface area contributed by atoms with Crippen molar-refractivity contribution in [3.05, 3.63) is 47.5 Å². The van der Waals surface area contributed by atoms with Gasteiger partial charge in [0.2, 0.25) is 0 Å². The lowest BCUT2D eigenvalue weighted by Crippen LogP contribution is -2.27. The Morgan fingerprint density at radius 3 is 1.66 bits per heavy atom. The van der Waals surface area contributed by atoms with E-state index in [9.17, 15) is 13.0 Å². The van der Waals surface area contributed by atoms with Gasteiger partial charge in [0.1, 0.15) is 0 Å². The lowest BCUT2D eigenvalue weighted by molar-refractivity contribution is 0.449. The number of fused-ring (bicyclic) bond motifs is 2. The molecule has 3 atom stereocenters. The molecule has 0 amide bonds. The number of anilines is 2. The summed E-state index contributed by atoms with van der Waals surface area (Å²) in [6.45, 7) is 11.3. The molecule has 0 saturated heterocycles. The van der Waals surface area contributed by atoms with Crippen molar-refractivity contribution < 1.29 is 13.0 Å². The molecule has 2 aromatic rings. The highest BCUT2D eigenvalue weighted by atomic mass is 32.2. The Balaban J connectivity index is 1.91. The minimum absolute atomic E-state index is 0.371. The summed E-state index contributed by atoms with van der Waals surface area (Å²) in [5.74, 6) is 1.42. The summed E-state index contributed by atoms with van der Waals surface area (Å²) in [4.78, 5) is 4.75. The highest BCUT2D eigenvalue weighted by Crippen LogP contribution is 2.49. The number of nitrogens with zero attached hydrogens (tertiary/aromatic N) is 1. The quantitative estimate of drug-likeness (QED) is 0.208. The smallest absolute Gasteiger partial charge is 0.267 e. The molecule has 3 unspecified atom stereocenters. The third-order valence-corrected chi connectivity index (χ3v) is 10.6. The van der Waals surface area contributed by atoms with Gasteiger partial charge >= 0.3 is 0 Å². The maximum Gasteiger partial charge on any atom is 0.267 e. The summed E-state index contributed by atoms with van der Waals surface area (Å²) in [6, 6.07) is 13.7. The Bertz CT molecular complexity index is 1060. The van der Waals surface area contributed by atoms with Crippen molar-refractivity contribution >= 4 is 33.3 Å². The second kappa shape index (κ2) is 14.8. The molecule has 3 rings (SSSR count). The molecule has 0 aromatic heterocycles. The van der Waals surface area contributed by atoms with Crippen LogP contribution >= 0.6 is 11.8 Å². The van der Waals surface area contributed by atoms with Gasteiger partial charge in [0.15, 0.2) is 0 Å². The molecule has 2 aromatic carbocycles. The van der Waals surface area contributed by atoms with E-state index in [0.29, 0.717) is 24.8 Å². The second-order valence-corrected chi connectivity index (χ2v) is 14.1. The zero-order valence-corrected chi connectivity index (χ0v) is 25.8. The minimum atomic E-state index is -4.05. The first-order chi connectivity index (χ1) is 18.2. The molecule has 0 bridgehead atoms.